The maximum absolute atomic E-state index is 12.9. The van der Waals surface area contributed by atoms with Gasteiger partial charge in [0.15, 0.2) is 0 Å². The number of nitrogens with zero attached hydrogens (tertiary/aromatic N) is 1. The number of carbonyl (C=O) groups is 1. The monoisotopic (exact) mass is 339 g/mol. The lowest BCUT2D eigenvalue weighted by Gasteiger charge is -2.27. The van der Waals surface area contributed by atoms with Crippen LogP contribution in [0.4, 0.5) is 27.6 Å². The van der Waals surface area contributed by atoms with Gasteiger partial charge in [-0.25, -0.2) is 4.31 Å². The first-order chi connectivity index (χ1) is 8.50. The minimum absolute atomic E-state index is 0.514. The van der Waals surface area contributed by atoms with Gasteiger partial charge in [-0.05, 0) is 18.2 Å². The molecule has 0 aliphatic heterocycles. The number of anilines is 1. The number of benzene rings is 1. The van der Waals surface area contributed by atoms with Crippen LogP contribution in [0.5, 0.6) is 0 Å². The van der Waals surface area contributed by atoms with E-state index >= 15 is 0 Å². The molecule has 0 saturated carbocycles. The Morgan fingerprint density at radius 1 is 1.21 bits per heavy atom. The molecule has 0 bridgehead atoms. The molecule has 0 aliphatic carbocycles. The van der Waals surface area contributed by atoms with Crippen LogP contribution in [0, 0.1) is 0 Å². The van der Waals surface area contributed by atoms with Gasteiger partial charge < -0.3 is 0 Å². The lowest BCUT2D eigenvalue weighted by molar-refractivity contribution is -0.114. The smallest absolute Gasteiger partial charge is 0.255 e. The van der Waals surface area contributed by atoms with Gasteiger partial charge in [-0.1, -0.05) is 29.3 Å². The van der Waals surface area contributed by atoms with E-state index in [2.05, 4.69) is 0 Å². The van der Waals surface area contributed by atoms with Gasteiger partial charge in [0.25, 0.3) is 0 Å². The van der Waals surface area contributed by atoms with Crippen molar-refractivity contribution < 1.29 is 26.7 Å². The normalized spacial score (nSPS) is 12.4. The first-order valence-corrected chi connectivity index (χ1v) is 5.96. The van der Waals surface area contributed by atoms with Crippen LogP contribution < -0.4 is 4.31 Å². The zero-order chi connectivity index (χ0) is 14.8. The average molecular weight is 340 g/mol. The third kappa shape index (κ3) is 5.04. The summed E-state index contributed by atoms with van der Waals surface area (Å²) in [5.74, 6) is 0. The molecule has 1 rings (SSSR count). The Morgan fingerprint density at radius 2 is 1.79 bits per heavy atom. The molecule has 106 valence electrons. The van der Waals surface area contributed by atoms with Crippen molar-refractivity contribution in [2.75, 3.05) is 4.31 Å². The summed E-state index contributed by atoms with van der Waals surface area (Å²) in [4.78, 5) is 10.5. The van der Waals surface area contributed by atoms with Gasteiger partial charge in [0.05, 0.1) is 11.3 Å². The highest BCUT2D eigenvalue weighted by Crippen LogP contribution is 2.45. The molecule has 0 saturated heterocycles. The number of halogens is 7. The van der Waals surface area contributed by atoms with E-state index < -0.39 is 43.8 Å². The molecule has 0 fully saturated rings. The Morgan fingerprint density at radius 3 is 2.21 bits per heavy atom. The number of alkyl halides is 6. The lowest BCUT2D eigenvalue weighted by atomic mass is 10.2. The van der Waals surface area contributed by atoms with E-state index in [9.17, 15) is 26.7 Å². The van der Waals surface area contributed by atoms with Crippen LogP contribution in [0.25, 0.3) is 0 Å². The molecule has 1 aromatic rings. The van der Waals surface area contributed by atoms with Gasteiger partial charge in [-0.15, -0.1) is 13.2 Å². The summed E-state index contributed by atoms with van der Waals surface area (Å²) in [7, 11) is 0. The fourth-order valence-corrected chi connectivity index (χ4v) is 2.05. The summed E-state index contributed by atoms with van der Waals surface area (Å²) >= 11 is 9.15. The number of rotatable bonds is 4. The second kappa shape index (κ2) is 5.72. The minimum atomic E-state index is -5.04. The molecule has 0 N–H and O–H groups in total. The average Bonchev–Trinajstić information content (AvgIpc) is 2.23. The molecule has 0 aromatic heterocycles. The van der Waals surface area contributed by atoms with Crippen molar-refractivity contribution in [3.8, 4) is 0 Å². The van der Waals surface area contributed by atoms with Gasteiger partial charge in [-0.2, -0.15) is 8.78 Å². The molecule has 0 unspecified atom stereocenters. The third-order valence-corrected chi connectivity index (χ3v) is 2.95. The lowest BCUT2D eigenvalue weighted by Crippen LogP contribution is -2.34. The Bertz CT molecular complexity index is 476. The molecule has 19 heavy (non-hydrogen) atoms. The van der Waals surface area contributed by atoms with Crippen LogP contribution in [-0.4, -0.2) is 16.3 Å². The highest BCUT2D eigenvalue weighted by atomic mass is 35.5. The molecule has 0 aliphatic rings. The van der Waals surface area contributed by atoms with Gasteiger partial charge in [0.2, 0.25) is 0 Å². The summed E-state index contributed by atoms with van der Waals surface area (Å²) in [5, 5.41) is 0. The second-order valence-corrected chi connectivity index (χ2v) is 5.92. The topological polar surface area (TPSA) is 20.3 Å². The Labute approximate surface area is 118 Å². The van der Waals surface area contributed by atoms with Crippen LogP contribution >= 0.6 is 35.1 Å². The van der Waals surface area contributed by atoms with Crippen LogP contribution in [0.1, 0.15) is 10.4 Å². The summed E-state index contributed by atoms with van der Waals surface area (Å²) < 4.78 is 59.7. The fourth-order valence-electron chi connectivity index (χ4n) is 1.11. The Balaban J connectivity index is 3.18. The molecular weight excluding hydrogens is 336 g/mol. The van der Waals surface area contributed by atoms with E-state index in [-0.39, 0.29) is 0 Å². The Hall–Kier alpha value is -0.730. The quantitative estimate of drug-likeness (QED) is 0.257. The van der Waals surface area contributed by atoms with Gasteiger partial charge in [-0.3, -0.25) is 4.79 Å². The molecule has 0 amide bonds. The van der Waals surface area contributed by atoms with E-state index in [1.807, 2.05) is 0 Å². The molecule has 1 aromatic carbocycles. The van der Waals surface area contributed by atoms with E-state index in [1.165, 1.54) is 0 Å². The zero-order valence-corrected chi connectivity index (χ0v) is 11.0. The van der Waals surface area contributed by atoms with Crippen LogP contribution in [-0.2, 0) is 0 Å². The number of hydrogen-bond acceptors (Lipinski definition) is 3. The van der Waals surface area contributed by atoms with Gasteiger partial charge in [0, 0.05) is 11.9 Å². The summed E-state index contributed by atoms with van der Waals surface area (Å²) in [6, 6.07) is 1.55. The van der Waals surface area contributed by atoms with E-state index in [0.717, 1.165) is 18.2 Å². The molecule has 0 radical (unpaired) electrons. The summed E-state index contributed by atoms with van der Waals surface area (Å²) in [6.45, 7) is 0. The first-order valence-electron chi connectivity index (χ1n) is 4.43. The SMILES string of the molecule is O=C(F)c1cccc(N(SC(F)(Cl)Cl)C(F)(F)F)c1. The van der Waals surface area contributed by atoms with Crippen LogP contribution in [0.3, 0.4) is 0 Å². The van der Waals surface area contributed by atoms with Crippen molar-refractivity contribution >= 4 is 46.9 Å². The van der Waals surface area contributed by atoms with E-state index in [4.69, 9.17) is 23.2 Å². The van der Waals surface area contributed by atoms with Gasteiger partial charge in [0.1, 0.15) is 0 Å². The maximum atomic E-state index is 12.9. The zero-order valence-electron chi connectivity index (χ0n) is 8.72. The predicted molar refractivity (Wildman–Crippen MR) is 63.6 cm³/mol. The molecule has 0 spiro atoms. The molecule has 10 heteroatoms. The third-order valence-electron chi connectivity index (χ3n) is 1.73. The van der Waals surface area contributed by atoms with Crippen molar-refractivity contribution in [3.05, 3.63) is 29.8 Å². The van der Waals surface area contributed by atoms with Gasteiger partial charge >= 0.3 is 16.3 Å². The second-order valence-electron chi connectivity index (χ2n) is 3.12. The molecule has 0 atom stereocenters. The highest BCUT2D eigenvalue weighted by Gasteiger charge is 2.44. The van der Waals surface area contributed by atoms with Crippen molar-refractivity contribution in [1.82, 2.24) is 0 Å². The Kier molecular flexibility index (Phi) is 4.91. The standard InChI is InChI=1S/C9H4Cl2F5NOS/c10-8(11,13)19-17(9(14,15)16)6-3-1-2-5(4-6)7(12)18/h1-4H. The van der Waals surface area contributed by atoms with Crippen molar-refractivity contribution in [1.29, 1.82) is 0 Å². The van der Waals surface area contributed by atoms with Crippen molar-refractivity contribution in [2.45, 2.75) is 10.2 Å². The summed E-state index contributed by atoms with van der Waals surface area (Å²) in [5.41, 5.74) is -1.30. The van der Waals surface area contributed by atoms with Crippen LogP contribution in [0.15, 0.2) is 24.3 Å². The fraction of sp³-hybridized carbons (Fsp3) is 0.222. The predicted octanol–water partition coefficient (Wildman–Crippen LogP) is 4.83. The first kappa shape index (κ1) is 16.3. The maximum Gasteiger partial charge on any atom is 0.495 e. The van der Waals surface area contributed by atoms with E-state index in [1.54, 1.807) is 0 Å². The van der Waals surface area contributed by atoms with Crippen molar-refractivity contribution in [3.63, 3.8) is 0 Å². The molecular formula is C9H4Cl2F5NOS. The molecule has 2 nitrogen and oxygen atoms in total. The molecule has 0 heterocycles. The number of carbonyl (C=O) groups excluding carboxylic acids is 1. The summed E-state index contributed by atoms with van der Waals surface area (Å²) in [6.07, 6.45) is -5.04. The van der Waals surface area contributed by atoms with E-state index in [0.29, 0.717) is 6.07 Å². The number of hydrogen-bond donors (Lipinski definition) is 0. The van der Waals surface area contributed by atoms with Crippen LogP contribution in [0.2, 0.25) is 0 Å². The van der Waals surface area contributed by atoms with Crippen molar-refractivity contribution in [2.24, 2.45) is 0 Å². The largest absolute Gasteiger partial charge is 0.495 e. The highest BCUT2D eigenvalue weighted by molar-refractivity contribution is 8.04. The minimum Gasteiger partial charge on any atom is -0.255 e.